The Kier molecular flexibility index (Phi) is 5.67. The van der Waals surface area contributed by atoms with Gasteiger partial charge in [-0.1, -0.05) is 12.1 Å². The van der Waals surface area contributed by atoms with Crippen LogP contribution in [0.3, 0.4) is 0 Å². The van der Waals surface area contributed by atoms with E-state index in [-0.39, 0.29) is 0 Å². The number of aromatic nitrogens is 2. The van der Waals surface area contributed by atoms with Gasteiger partial charge in [0.25, 0.3) is 0 Å². The molecular formula is C22H18FN5OS. The van der Waals surface area contributed by atoms with E-state index in [1.807, 2.05) is 36.6 Å². The second-order valence-electron chi connectivity index (χ2n) is 6.52. The summed E-state index contributed by atoms with van der Waals surface area (Å²) in [7, 11) is 0. The second kappa shape index (κ2) is 8.71. The number of thiazole rings is 1. The van der Waals surface area contributed by atoms with Gasteiger partial charge in [0, 0.05) is 40.4 Å². The average molecular weight is 419 g/mol. The molecule has 0 saturated carbocycles. The smallest absolute Gasteiger partial charge is 0.323 e. The van der Waals surface area contributed by atoms with Crippen LogP contribution < -0.4 is 16.0 Å². The summed E-state index contributed by atoms with van der Waals surface area (Å²) >= 11 is 1.49. The molecular weight excluding hydrogens is 401 g/mol. The highest BCUT2D eigenvalue weighted by Crippen LogP contribution is 2.29. The number of rotatable bonds is 5. The van der Waals surface area contributed by atoms with Crippen LogP contribution in [0.2, 0.25) is 0 Å². The van der Waals surface area contributed by atoms with Crippen molar-refractivity contribution in [1.82, 2.24) is 9.97 Å². The van der Waals surface area contributed by atoms with Crippen molar-refractivity contribution in [3.05, 3.63) is 83.8 Å². The van der Waals surface area contributed by atoms with Gasteiger partial charge in [-0.3, -0.25) is 4.98 Å². The quantitative estimate of drug-likeness (QED) is 0.368. The number of benzene rings is 2. The number of aryl methyl sites for hydroxylation is 1. The minimum atomic E-state index is -0.455. The lowest BCUT2D eigenvalue weighted by Crippen LogP contribution is -2.19. The van der Waals surface area contributed by atoms with E-state index in [1.165, 1.54) is 29.5 Å². The van der Waals surface area contributed by atoms with E-state index in [0.29, 0.717) is 11.4 Å². The Labute approximate surface area is 176 Å². The molecule has 0 saturated heterocycles. The maximum atomic E-state index is 13.3. The van der Waals surface area contributed by atoms with Crippen molar-refractivity contribution in [3.8, 4) is 11.3 Å². The number of hydrogen-bond donors (Lipinski definition) is 3. The first-order valence-electron chi connectivity index (χ1n) is 9.14. The number of urea groups is 1. The third-order valence-corrected chi connectivity index (χ3v) is 5.04. The average Bonchev–Trinajstić information content (AvgIpc) is 3.20. The second-order valence-corrected chi connectivity index (χ2v) is 7.38. The summed E-state index contributed by atoms with van der Waals surface area (Å²) in [6.45, 7) is 1.97. The highest BCUT2D eigenvalue weighted by atomic mass is 32.1. The number of pyridine rings is 1. The van der Waals surface area contributed by atoms with Gasteiger partial charge < -0.3 is 16.0 Å². The number of carbonyl (C=O) groups is 1. The van der Waals surface area contributed by atoms with Crippen molar-refractivity contribution in [3.63, 3.8) is 0 Å². The predicted octanol–water partition coefficient (Wildman–Crippen LogP) is 6.04. The third-order valence-electron chi connectivity index (χ3n) is 4.28. The molecule has 8 heteroatoms. The van der Waals surface area contributed by atoms with Crippen LogP contribution >= 0.6 is 11.3 Å². The van der Waals surface area contributed by atoms with Crippen molar-refractivity contribution in [1.29, 1.82) is 0 Å². The maximum Gasteiger partial charge on any atom is 0.323 e. The van der Waals surface area contributed by atoms with Gasteiger partial charge in [-0.15, -0.1) is 11.3 Å². The third kappa shape index (κ3) is 4.79. The van der Waals surface area contributed by atoms with Gasteiger partial charge in [-0.25, -0.2) is 14.2 Å². The van der Waals surface area contributed by atoms with Gasteiger partial charge in [0.2, 0.25) is 0 Å². The molecule has 0 spiro atoms. The minimum Gasteiger partial charge on any atom is -0.331 e. The van der Waals surface area contributed by atoms with Crippen LogP contribution in [0.25, 0.3) is 11.3 Å². The molecule has 0 radical (unpaired) electrons. The molecule has 0 bridgehead atoms. The van der Waals surface area contributed by atoms with Crippen LogP contribution in [0.5, 0.6) is 0 Å². The first-order chi connectivity index (χ1) is 14.6. The van der Waals surface area contributed by atoms with Gasteiger partial charge in [0.1, 0.15) is 5.82 Å². The Bertz CT molecular complexity index is 1180. The molecule has 0 atom stereocenters. The molecule has 2 aromatic carbocycles. The van der Waals surface area contributed by atoms with E-state index in [4.69, 9.17) is 0 Å². The normalized spacial score (nSPS) is 10.5. The fraction of sp³-hybridized carbons (Fsp3) is 0.0455. The molecule has 2 amide bonds. The molecule has 0 aliphatic rings. The lowest BCUT2D eigenvalue weighted by molar-refractivity contribution is 0.262. The van der Waals surface area contributed by atoms with E-state index in [9.17, 15) is 9.18 Å². The number of amides is 2. The zero-order valence-electron chi connectivity index (χ0n) is 16.0. The molecule has 0 aliphatic heterocycles. The van der Waals surface area contributed by atoms with E-state index in [1.54, 1.807) is 24.5 Å². The molecule has 3 N–H and O–H groups in total. The van der Waals surface area contributed by atoms with Crippen LogP contribution in [-0.2, 0) is 0 Å². The number of anilines is 4. The summed E-state index contributed by atoms with van der Waals surface area (Å²) in [5, 5.41) is 11.4. The zero-order chi connectivity index (χ0) is 20.9. The molecule has 4 aromatic rings. The van der Waals surface area contributed by atoms with Crippen LogP contribution in [0.4, 0.5) is 31.4 Å². The predicted molar refractivity (Wildman–Crippen MR) is 119 cm³/mol. The van der Waals surface area contributed by atoms with E-state index in [0.717, 1.165) is 27.6 Å². The first kappa shape index (κ1) is 19.5. The van der Waals surface area contributed by atoms with Gasteiger partial charge in [0.15, 0.2) is 5.13 Å². The lowest BCUT2D eigenvalue weighted by Gasteiger charge is -2.11. The Balaban J connectivity index is 1.46. The summed E-state index contributed by atoms with van der Waals surface area (Å²) in [4.78, 5) is 21.0. The highest BCUT2D eigenvalue weighted by molar-refractivity contribution is 7.14. The zero-order valence-corrected chi connectivity index (χ0v) is 16.8. The Morgan fingerprint density at radius 3 is 2.63 bits per heavy atom. The molecule has 6 nitrogen and oxygen atoms in total. The van der Waals surface area contributed by atoms with Crippen molar-refractivity contribution in [2.75, 3.05) is 16.0 Å². The number of nitrogens with one attached hydrogen (secondary N) is 3. The van der Waals surface area contributed by atoms with Crippen molar-refractivity contribution in [2.45, 2.75) is 6.92 Å². The molecule has 150 valence electrons. The number of hydrogen-bond acceptors (Lipinski definition) is 5. The SMILES string of the molecule is Cc1ccc(NC(=O)Nc2cccc(F)c2)cc1Nc1nc(-c2cccnc2)cs1. The summed E-state index contributed by atoms with van der Waals surface area (Å²) in [5.74, 6) is -0.413. The Morgan fingerprint density at radius 2 is 1.87 bits per heavy atom. The van der Waals surface area contributed by atoms with E-state index < -0.39 is 11.8 Å². The minimum absolute atomic E-state index is 0.378. The highest BCUT2D eigenvalue weighted by Gasteiger charge is 2.09. The van der Waals surface area contributed by atoms with Gasteiger partial charge >= 0.3 is 6.03 Å². The first-order valence-corrected chi connectivity index (χ1v) is 10.0. The number of nitrogens with zero attached hydrogens (tertiary/aromatic N) is 2. The molecule has 0 aliphatic carbocycles. The molecule has 2 heterocycles. The fourth-order valence-corrected chi connectivity index (χ4v) is 3.52. The monoisotopic (exact) mass is 419 g/mol. The van der Waals surface area contributed by atoms with Crippen molar-refractivity contribution < 1.29 is 9.18 Å². The van der Waals surface area contributed by atoms with Crippen LogP contribution in [0.15, 0.2) is 72.4 Å². The van der Waals surface area contributed by atoms with Gasteiger partial charge in [-0.05, 0) is 55.0 Å². The number of halogens is 1. The fourth-order valence-electron chi connectivity index (χ4n) is 2.79. The largest absolute Gasteiger partial charge is 0.331 e. The molecule has 30 heavy (non-hydrogen) atoms. The van der Waals surface area contributed by atoms with E-state index >= 15 is 0 Å². The summed E-state index contributed by atoms with van der Waals surface area (Å²) in [6.07, 6.45) is 3.49. The Morgan fingerprint density at radius 1 is 1.03 bits per heavy atom. The molecule has 0 unspecified atom stereocenters. The lowest BCUT2D eigenvalue weighted by atomic mass is 10.2. The van der Waals surface area contributed by atoms with Crippen LogP contribution in [-0.4, -0.2) is 16.0 Å². The maximum absolute atomic E-state index is 13.3. The number of carbonyl (C=O) groups excluding carboxylic acids is 1. The van der Waals surface area contributed by atoms with Gasteiger partial charge in [0.05, 0.1) is 5.69 Å². The van der Waals surface area contributed by atoms with Crippen LogP contribution in [0, 0.1) is 12.7 Å². The Hall–Kier alpha value is -3.78. The molecule has 4 rings (SSSR count). The molecule has 0 fully saturated rings. The van der Waals surface area contributed by atoms with Crippen LogP contribution in [0.1, 0.15) is 5.56 Å². The topological polar surface area (TPSA) is 78.9 Å². The van der Waals surface area contributed by atoms with Crippen molar-refractivity contribution >= 4 is 39.6 Å². The molecule has 2 aromatic heterocycles. The van der Waals surface area contributed by atoms with Gasteiger partial charge in [-0.2, -0.15) is 0 Å². The summed E-state index contributed by atoms with van der Waals surface area (Å²) in [6, 6.07) is 14.6. The van der Waals surface area contributed by atoms with E-state index in [2.05, 4.69) is 25.9 Å². The van der Waals surface area contributed by atoms with Crippen molar-refractivity contribution in [2.24, 2.45) is 0 Å². The standard InChI is InChI=1S/C22H18FN5OS/c1-14-7-8-18(26-21(29)25-17-6-2-5-16(23)10-17)11-19(14)27-22-28-20(13-30-22)15-4-3-9-24-12-15/h2-13H,1H3,(H,27,28)(H2,25,26,29). The summed E-state index contributed by atoms with van der Waals surface area (Å²) in [5.41, 5.74) is 4.60. The summed E-state index contributed by atoms with van der Waals surface area (Å²) < 4.78 is 13.3.